The SMILES string of the molecule is O=C1c2cccc3cc([N+](=O)[O-])cc(c23)C(=O)N1CCCCNCCCN1C(=O)c2cc([N+](=O)[O-])cc3c2c(cc2cccnc23)C1=O. The van der Waals surface area contributed by atoms with Gasteiger partial charge in [-0.25, -0.2) is 0 Å². The quantitative estimate of drug-likeness (QED) is 0.0672. The van der Waals surface area contributed by atoms with Gasteiger partial charge < -0.3 is 5.32 Å². The van der Waals surface area contributed by atoms with Crippen LogP contribution in [0.25, 0.3) is 32.4 Å². The number of nitrogens with zero attached hydrogens (tertiary/aromatic N) is 5. The smallest absolute Gasteiger partial charge is 0.270 e. The molecular formula is C34H26N6O8. The van der Waals surface area contributed by atoms with E-state index < -0.39 is 33.5 Å². The van der Waals surface area contributed by atoms with E-state index in [1.165, 1.54) is 24.3 Å². The fourth-order valence-electron chi connectivity index (χ4n) is 6.58. The summed E-state index contributed by atoms with van der Waals surface area (Å²) in [6, 6.07) is 15.1. The molecule has 2 aliphatic rings. The Hall–Kier alpha value is -6.15. The van der Waals surface area contributed by atoms with E-state index in [-0.39, 0.29) is 35.6 Å². The summed E-state index contributed by atoms with van der Waals surface area (Å²) in [5.41, 5.74) is 0.828. The standard InChI is InChI=1S/C34H26N6O8/c41-31-23-8-3-6-19-14-21(39(45)46)17-26(28(19)23)33(43)37(31)12-2-1-9-35-10-5-13-38-32(42)25-15-20-7-4-11-36-30(20)24-16-22(40(47)48)18-27(29(24)25)34(38)44/h3-4,6-8,11,14-18,35H,1-2,5,9-10,12-13H2. The number of non-ortho nitro benzene ring substituents is 2. The average molecular weight is 647 g/mol. The molecule has 2 aliphatic heterocycles. The lowest BCUT2D eigenvalue weighted by atomic mass is 9.91. The molecule has 7 rings (SSSR count). The van der Waals surface area contributed by atoms with Crippen molar-refractivity contribution in [3.8, 4) is 0 Å². The normalized spacial score (nSPS) is 14.1. The Balaban J connectivity index is 0.959. The van der Waals surface area contributed by atoms with Crippen molar-refractivity contribution in [2.24, 2.45) is 0 Å². The minimum Gasteiger partial charge on any atom is -0.317 e. The zero-order valence-electron chi connectivity index (χ0n) is 25.3. The lowest BCUT2D eigenvalue weighted by molar-refractivity contribution is -0.384. The van der Waals surface area contributed by atoms with E-state index in [0.29, 0.717) is 75.9 Å². The molecule has 0 atom stereocenters. The van der Waals surface area contributed by atoms with Gasteiger partial charge in [-0.3, -0.25) is 54.2 Å². The molecule has 0 radical (unpaired) electrons. The molecule has 4 aromatic carbocycles. The number of aromatic nitrogens is 1. The van der Waals surface area contributed by atoms with Crippen molar-refractivity contribution in [2.75, 3.05) is 26.2 Å². The van der Waals surface area contributed by atoms with Crippen molar-refractivity contribution in [3.05, 3.63) is 109 Å². The summed E-state index contributed by atoms with van der Waals surface area (Å²) in [5.74, 6) is -2.09. The summed E-state index contributed by atoms with van der Waals surface area (Å²) >= 11 is 0. The van der Waals surface area contributed by atoms with Gasteiger partial charge in [0.1, 0.15) is 0 Å². The summed E-state index contributed by atoms with van der Waals surface area (Å²) in [6.45, 7) is 1.21. The van der Waals surface area contributed by atoms with Crippen LogP contribution in [0.2, 0.25) is 0 Å². The fraction of sp³-hybridized carbons (Fsp3) is 0.206. The summed E-state index contributed by atoms with van der Waals surface area (Å²) in [6.07, 6.45) is 3.06. The maximum Gasteiger partial charge on any atom is 0.270 e. The third-order valence-corrected chi connectivity index (χ3v) is 8.79. The van der Waals surface area contributed by atoms with Gasteiger partial charge in [0, 0.05) is 76.2 Å². The highest BCUT2D eigenvalue weighted by Gasteiger charge is 2.36. The number of nitro benzene ring substituents is 2. The average Bonchev–Trinajstić information content (AvgIpc) is 3.08. The van der Waals surface area contributed by atoms with Gasteiger partial charge in [-0.15, -0.1) is 0 Å². The Bertz CT molecular complexity index is 2270. The van der Waals surface area contributed by atoms with Crippen molar-refractivity contribution in [1.29, 1.82) is 0 Å². The highest BCUT2D eigenvalue weighted by Crippen LogP contribution is 2.38. The number of pyridine rings is 1. The van der Waals surface area contributed by atoms with Crippen LogP contribution in [0, 0.1) is 20.2 Å². The number of carbonyl (C=O) groups excluding carboxylic acids is 4. The van der Waals surface area contributed by atoms with Crippen LogP contribution in [-0.2, 0) is 0 Å². The molecule has 5 aromatic rings. The molecule has 14 heteroatoms. The van der Waals surface area contributed by atoms with Gasteiger partial charge in [-0.2, -0.15) is 0 Å². The summed E-state index contributed by atoms with van der Waals surface area (Å²) in [7, 11) is 0. The zero-order valence-corrected chi connectivity index (χ0v) is 25.3. The van der Waals surface area contributed by atoms with Crippen molar-refractivity contribution >= 4 is 67.5 Å². The Morgan fingerprint density at radius 3 is 1.92 bits per heavy atom. The van der Waals surface area contributed by atoms with Crippen molar-refractivity contribution < 1.29 is 29.0 Å². The number of imide groups is 2. The fourth-order valence-corrected chi connectivity index (χ4v) is 6.58. The van der Waals surface area contributed by atoms with E-state index in [4.69, 9.17) is 0 Å². The molecule has 4 amide bonds. The molecule has 3 heterocycles. The molecule has 1 aromatic heterocycles. The lowest BCUT2D eigenvalue weighted by Crippen LogP contribution is -2.42. The second-order valence-corrected chi connectivity index (χ2v) is 11.7. The predicted octanol–water partition coefficient (Wildman–Crippen LogP) is 5.01. The van der Waals surface area contributed by atoms with Crippen LogP contribution in [0.5, 0.6) is 0 Å². The first-order chi connectivity index (χ1) is 23.2. The maximum atomic E-state index is 13.5. The van der Waals surface area contributed by atoms with Crippen molar-refractivity contribution in [2.45, 2.75) is 19.3 Å². The largest absolute Gasteiger partial charge is 0.317 e. The first kappa shape index (κ1) is 30.5. The van der Waals surface area contributed by atoms with Gasteiger partial charge in [0.25, 0.3) is 35.0 Å². The van der Waals surface area contributed by atoms with E-state index in [1.54, 1.807) is 42.6 Å². The van der Waals surface area contributed by atoms with Crippen LogP contribution in [-0.4, -0.2) is 74.4 Å². The molecule has 0 aliphatic carbocycles. The predicted molar refractivity (Wildman–Crippen MR) is 174 cm³/mol. The van der Waals surface area contributed by atoms with Crippen LogP contribution < -0.4 is 5.32 Å². The minimum atomic E-state index is -0.602. The zero-order chi connectivity index (χ0) is 33.7. The van der Waals surface area contributed by atoms with Gasteiger partial charge >= 0.3 is 0 Å². The molecule has 14 nitrogen and oxygen atoms in total. The monoisotopic (exact) mass is 646 g/mol. The lowest BCUT2D eigenvalue weighted by Gasteiger charge is -2.27. The number of rotatable bonds is 11. The van der Waals surface area contributed by atoms with Crippen molar-refractivity contribution in [3.63, 3.8) is 0 Å². The number of hydrogen-bond donors (Lipinski definition) is 1. The van der Waals surface area contributed by atoms with Gasteiger partial charge in [0.2, 0.25) is 0 Å². The molecule has 0 unspecified atom stereocenters. The third kappa shape index (κ3) is 4.98. The van der Waals surface area contributed by atoms with E-state index in [9.17, 15) is 39.4 Å². The Kier molecular flexibility index (Phi) is 7.56. The molecule has 240 valence electrons. The number of nitro groups is 2. The summed E-state index contributed by atoms with van der Waals surface area (Å²) < 4.78 is 0. The number of carbonyl (C=O) groups is 4. The van der Waals surface area contributed by atoms with Gasteiger partial charge in [0.05, 0.1) is 26.5 Å². The number of amides is 4. The number of unbranched alkanes of at least 4 members (excludes halogenated alkanes) is 1. The third-order valence-electron chi connectivity index (χ3n) is 8.79. The highest BCUT2D eigenvalue weighted by atomic mass is 16.6. The summed E-state index contributed by atoms with van der Waals surface area (Å²) in [4.78, 5) is 81.9. The Morgan fingerprint density at radius 2 is 1.21 bits per heavy atom. The van der Waals surface area contributed by atoms with E-state index in [2.05, 4.69) is 10.3 Å². The molecule has 1 N–H and O–H groups in total. The molecule has 0 saturated carbocycles. The number of hydrogen-bond acceptors (Lipinski definition) is 10. The van der Waals surface area contributed by atoms with Crippen LogP contribution in [0.4, 0.5) is 11.4 Å². The minimum absolute atomic E-state index is 0.0876. The highest BCUT2D eigenvalue weighted by molar-refractivity contribution is 6.29. The van der Waals surface area contributed by atoms with Gasteiger partial charge in [-0.1, -0.05) is 18.2 Å². The first-order valence-electron chi connectivity index (χ1n) is 15.3. The molecule has 0 spiro atoms. The summed E-state index contributed by atoms with van der Waals surface area (Å²) in [5, 5.41) is 28.6. The van der Waals surface area contributed by atoms with E-state index >= 15 is 0 Å². The van der Waals surface area contributed by atoms with Gasteiger partial charge in [0.15, 0.2) is 0 Å². The van der Waals surface area contributed by atoms with Gasteiger partial charge in [-0.05, 0) is 55.9 Å². The Morgan fingerprint density at radius 1 is 0.625 bits per heavy atom. The van der Waals surface area contributed by atoms with Crippen LogP contribution in [0.3, 0.4) is 0 Å². The molecule has 0 saturated heterocycles. The van der Waals surface area contributed by atoms with Crippen molar-refractivity contribution in [1.82, 2.24) is 20.1 Å². The van der Waals surface area contributed by atoms with E-state index in [0.717, 1.165) is 9.80 Å². The first-order valence-corrected chi connectivity index (χ1v) is 15.3. The van der Waals surface area contributed by atoms with E-state index in [1.807, 2.05) is 0 Å². The number of benzene rings is 4. The molecule has 0 fully saturated rings. The Labute approximate surface area is 271 Å². The molecular weight excluding hydrogens is 620 g/mol. The maximum absolute atomic E-state index is 13.5. The second kappa shape index (κ2) is 11.9. The second-order valence-electron chi connectivity index (χ2n) is 11.7. The molecule has 48 heavy (non-hydrogen) atoms. The molecule has 0 bridgehead atoms. The van der Waals surface area contributed by atoms with Crippen LogP contribution >= 0.6 is 0 Å². The number of fused-ring (bicyclic) bond motifs is 2. The van der Waals surface area contributed by atoms with Crippen LogP contribution in [0.1, 0.15) is 60.7 Å². The van der Waals surface area contributed by atoms with Crippen LogP contribution in [0.15, 0.2) is 66.9 Å². The number of nitrogens with one attached hydrogen (secondary N) is 1. The topological polar surface area (TPSA) is 186 Å².